The summed E-state index contributed by atoms with van der Waals surface area (Å²) in [6.07, 6.45) is 0.251. The lowest BCUT2D eigenvalue weighted by atomic mass is 10.1. The van der Waals surface area contributed by atoms with Crippen molar-refractivity contribution in [2.45, 2.75) is 26.0 Å². The molecule has 0 bridgehead atoms. The van der Waals surface area contributed by atoms with Crippen molar-refractivity contribution in [3.8, 4) is 11.3 Å². The third-order valence-electron chi connectivity index (χ3n) is 3.31. The predicted molar refractivity (Wildman–Crippen MR) is 83.1 cm³/mol. The van der Waals surface area contributed by atoms with Crippen molar-refractivity contribution >= 4 is 0 Å². The van der Waals surface area contributed by atoms with Crippen LogP contribution in [0.5, 0.6) is 0 Å². The number of ether oxygens (including phenoxy) is 1. The van der Waals surface area contributed by atoms with Crippen LogP contribution in [0.1, 0.15) is 17.7 Å². The zero-order valence-corrected chi connectivity index (χ0v) is 12.6. The van der Waals surface area contributed by atoms with Crippen LogP contribution >= 0.6 is 0 Å². The molecule has 2 aromatic rings. The number of furan rings is 1. The number of rotatable bonds is 8. The number of hydrogen-bond acceptors (Lipinski definition) is 4. The van der Waals surface area contributed by atoms with Gasteiger partial charge in [0.15, 0.2) is 0 Å². The average Bonchev–Trinajstić information content (AvgIpc) is 2.93. The van der Waals surface area contributed by atoms with Crippen molar-refractivity contribution in [1.29, 1.82) is 0 Å². The van der Waals surface area contributed by atoms with E-state index in [2.05, 4.69) is 36.5 Å². The van der Waals surface area contributed by atoms with Crippen LogP contribution in [0.15, 0.2) is 40.8 Å². The Morgan fingerprint density at radius 1 is 1.19 bits per heavy atom. The standard InChI is InChI=1S/C17H23NO3/c1-13-3-5-14(6-4-13)17-8-7-16(21-17)11-18-10-9-15(19)12-20-2/h3-8,15,18-19H,9-12H2,1-2H3. The van der Waals surface area contributed by atoms with Crippen LogP contribution in [0.2, 0.25) is 0 Å². The van der Waals surface area contributed by atoms with Crippen LogP contribution in [0.3, 0.4) is 0 Å². The van der Waals surface area contributed by atoms with Gasteiger partial charge in [-0.2, -0.15) is 0 Å². The van der Waals surface area contributed by atoms with Crippen LogP contribution in [-0.4, -0.2) is 31.5 Å². The van der Waals surface area contributed by atoms with Crippen LogP contribution in [0.25, 0.3) is 11.3 Å². The van der Waals surface area contributed by atoms with Crippen molar-refractivity contribution in [1.82, 2.24) is 5.32 Å². The number of aliphatic hydroxyl groups excluding tert-OH is 1. The second-order valence-electron chi connectivity index (χ2n) is 5.21. The van der Waals surface area contributed by atoms with Crippen LogP contribution in [-0.2, 0) is 11.3 Å². The van der Waals surface area contributed by atoms with Gasteiger partial charge < -0.3 is 19.6 Å². The lowest BCUT2D eigenvalue weighted by Gasteiger charge is -2.09. The molecule has 21 heavy (non-hydrogen) atoms. The molecular formula is C17H23NO3. The lowest BCUT2D eigenvalue weighted by Crippen LogP contribution is -2.22. The Labute approximate surface area is 125 Å². The molecule has 0 saturated heterocycles. The zero-order chi connectivity index (χ0) is 15.1. The highest BCUT2D eigenvalue weighted by Gasteiger charge is 2.06. The first-order valence-corrected chi connectivity index (χ1v) is 7.22. The number of hydrogen-bond donors (Lipinski definition) is 2. The molecule has 4 heteroatoms. The second-order valence-corrected chi connectivity index (χ2v) is 5.21. The molecule has 1 aromatic heterocycles. The summed E-state index contributed by atoms with van der Waals surface area (Å²) in [7, 11) is 1.59. The lowest BCUT2D eigenvalue weighted by molar-refractivity contribution is 0.0593. The molecule has 0 aliphatic rings. The molecule has 4 nitrogen and oxygen atoms in total. The highest BCUT2D eigenvalue weighted by molar-refractivity contribution is 5.57. The van der Waals surface area contributed by atoms with Crippen LogP contribution < -0.4 is 5.32 Å². The molecule has 0 saturated carbocycles. The van der Waals surface area contributed by atoms with Gasteiger partial charge in [-0.05, 0) is 32.0 Å². The van der Waals surface area contributed by atoms with Crippen molar-refractivity contribution in [2.75, 3.05) is 20.3 Å². The van der Waals surface area contributed by atoms with E-state index in [1.54, 1.807) is 7.11 Å². The van der Waals surface area contributed by atoms with Crippen LogP contribution in [0.4, 0.5) is 0 Å². The third-order valence-corrected chi connectivity index (χ3v) is 3.31. The monoisotopic (exact) mass is 289 g/mol. The summed E-state index contributed by atoms with van der Waals surface area (Å²) in [6, 6.07) is 12.2. The van der Waals surface area contributed by atoms with E-state index in [0.29, 0.717) is 19.6 Å². The number of nitrogens with one attached hydrogen (secondary N) is 1. The molecule has 0 amide bonds. The molecule has 1 heterocycles. The molecular weight excluding hydrogens is 266 g/mol. The Balaban J connectivity index is 1.79. The molecule has 0 radical (unpaired) electrons. The Hall–Kier alpha value is -1.62. The number of benzene rings is 1. The maximum Gasteiger partial charge on any atom is 0.134 e. The van der Waals surface area contributed by atoms with Gasteiger partial charge in [-0.3, -0.25) is 0 Å². The molecule has 1 atom stereocenters. The summed E-state index contributed by atoms with van der Waals surface area (Å²) in [5.41, 5.74) is 2.32. The van der Waals surface area contributed by atoms with Gasteiger partial charge in [0, 0.05) is 12.7 Å². The number of aliphatic hydroxyl groups is 1. The van der Waals surface area contributed by atoms with Gasteiger partial charge in [0.1, 0.15) is 11.5 Å². The smallest absolute Gasteiger partial charge is 0.134 e. The minimum Gasteiger partial charge on any atom is -0.460 e. The topological polar surface area (TPSA) is 54.6 Å². The molecule has 2 N–H and O–H groups in total. The normalized spacial score (nSPS) is 12.5. The SMILES string of the molecule is COCC(O)CCNCc1ccc(-c2ccc(C)cc2)o1. The van der Waals surface area contributed by atoms with Crippen molar-refractivity contribution in [3.63, 3.8) is 0 Å². The molecule has 0 spiro atoms. The van der Waals surface area contributed by atoms with Crippen molar-refractivity contribution in [3.05, 3.63) is 47.7 Å². The fourth-order valence-electron chi connectivity index (χ4n) is 2.10. The second kappa shape index (κ2) is 7.98. The predicted octanol–water partition coefficient (Wildman–Crippen LogP) is 2.74. The first kappa shape index (κ1) is 15.8. The van der Waals surface area contributed by atoms with Gasteiger partial charge >= 0.3 is 0 Å². The highest BCUT2D eigenvalue weighted by Crippen LogP contribution is 2.22. The molecule has 0 fully saturated rings. The average molecular weight is 289 g/mol. The molecule has 2 rings (SSSR count). The summed E-state index contributed by atoms with van der Waals surface area (Å²) < 4.78 is 10.7. The Bertz CT molecular complexity index is 533. The Kier molecular flexibility index (Phi) is 5.99. The molecule has 0 aliphatic carbocycles. The summed E-state index contributed by atoms with van der Waals surface area (Å²) in [6.45, 7) is 3.83. The van der Waals surface area contributed by atoms with Gasteiger partial charge in [-0.15, -0.1) is 0 Å². The fraction of sp³-hybridized carbons (Fsp3) is 0.412. The van der Waals surface area contributed by atoms with Gasteiger partial charge in [-0.25, -0.2) is 0 Å². The van der Waals surface area contributed by atoms with E-state index in [-0.39, 0.29) is 0 Å². The van der Waals surface area contributed by atoms with Gasteiger partial charge in [0.25, 0.3) is 0 Å². The molecule has 1 aromatic carbocycles. The summed E-state index contributed by atoms with van der Waals surface area (Å²) in [5, 5.41) is 12.8. The van der Waals surface area contributed by atoms with E-state index < -0.39 is 6.10 Å². The van der Waals surface area contributed by atoms with E-state index in [4.69, 9.17) is 9.15 Å². The van der Waals surface area contributed by atoms with Gasteiger partial charge in [-0.1, -0.05) is 29.8 Å². The fourth-order valence-corrected chi connectivity index (χ4v) is 2.10. The van der Waals surface area contributed by atoms with Crippen molar-refractivity contribution < 1.29 is 14.3 Å². The highest BCUT2D eigenvalue weighted by atomic mass is 16.5. The first-order valence-electron chi connectivity index (χ1n) is 7.22. The minimum absolute atomic E-state index is 0.375. The Morgan fingerprint density at radius 2 is 1.95 bits per heavy atom. The number of methoxy groups -OCH3 is 1. The zero-order valence-electron chi connectivity index (χ0n) is 12.6. The molecule has 1 unspecified atom stereocenters. The van der Waals surface area contributed by atoms with E-state index >= 15 is 0 Å². The quantitative estimate of drug-likeness (QED) is 0.734. The van der Waals surface area contributed by atoms with Gasteiger partial charge in [0.05, 0.1) is 19.3 Å². The summed E-state index contributed by atoms with van der Waals surface area (Å²) in [4.78, 5) is 0. The van der Waals surface area contributed by atoms with Crippen molar-refractivity contribution in [2.24, 2.45) is 0 Å². The van der Waals surface area contributed by atoms with E-state index in [9.17, 15) is 5.11 Å². The Morgan fingerprint density at radius 3 is 2.67 bits per heavy atom. The number of aryl methyl sites for hydroxylation is 1. The third kappa shape index (κ3) is 5.01. The summed E-state index contributed by atoms with van der Waals surface area (Å²) >= 11 is 0. The maximum atomic E-state index is 9.53. The molecule has 114 valence electrons. The minimum atomic E-state index is -0.415. The van der Waals surface area contributed by atoms with E-state index in [1.807, 2.05) is 12.1 Å². The van der Waals surface area contributed by atoms with Crippen LogP contribution in [0, 0.1) is 6.92 Å². The largest absolute Gasteiger partial charge is 0.460 e. The molecule has 0 aliphatic heterocycles. The maximum absolute atomic E-state index is 9.53. The van der Waals surface area contributed by atoms with E-state index in [0.717, 1.165) is 23.6 Å². The summed E-state index contributed by atoms with van der Waals surface area (Å²) in [5.74, 6) is 1.78. The van der Waals surface area contributed by atoms with E-state index in [1.165, 1.54) is 5.56 Å². The first-order chi connectivity index (χ1) is 10.2. The van der Waals surface area contributed by atoms with Gasteiger partial charge in [0.2, 0.25) is 0 Å².